The van der Waals surface area contributed by atoms with Gasteiger partial charge in [0, 0.05) is 23.6 Å². The number of amides is 1. The molecule has 1 amide bonds. The van der Waals surface area contributed by atoms with E-state index in [1.54, 1.807) is 29.1 Å². The second-order valence-corrected chi connectivity index (χ2v) is 7.98. The molecule has 142 valence electrons. The fourth-order valence-corrected chi connectivity index (χ4v) is 2.31. The Kier molecular flexibility index (Phi) is 6.63. The van der Waals surface area contributed by atoms with Gasteiger partial charge in [-0.25, -0.2) is 13.6 Å². The minimum atomic E-state index is -3.98. The quantitative estimate of drug-likeness (QED) is 0.252. The highest BCUT2D eigenvalue weighted by Crippen LogP contribution is 2.18. The van der Waals surface area contributed by atoms with E-state index >= 15 is 0 Å². The molecular weight excluding hydrogens is 386 g/mol. The number of nitrogens with one attached hydrogen (secondary N) is 2. The van der Waals surface area contributed by atoms with Crippen LogP contribution < -0.4 is 16.2 Å². The van der Waals surface area contributed by atoms with E-state index in [1.807, 2.05) is 0 Å². The molecular formula is C13H17N5O6S2. The highest BCUT2D eigenvalue weighted by atomic mass is 32.2. The Morgan fingerprint density at radius 2 is 1.65 bits per heavy atom. The maximum Gasteiger partial charge on any atom is 0.261 e. The number of carbonyl (C=O) groups excluding carboxylic acids is 1. The van der Waals surface area contributed by atoms with Crippen molar-refractivity contribution in [2.24, 2.45) is 10.9 Å². The van der Waals surface area contributed by atoms with Crippen LogP contribution in [0.2, 0.25) is 0 Å². The van der Waals surface area contributed by atoms with Crippen molar-refractivity contribution in [3.63, 3.8) is 0 Å². The number of benzene rings is 1. The van der Waals surface area contributed by atoms with Crippen LogP contribution >= 0.6 is 0 Å². The predicted molar refractivity (Wildman–Crippen MR) is 94.0 cm³/mol. The van der Waals surface area contributed by atoms with Crippen LogP contribution in [0.3, 0.4) is 0 Å². The van der Waals surface area contributed by atoms with Gasteiger partial charge in [-0.1, -0.05) is 0 Å². The first-order valence-electron chi connectivity index (χ1n) is 6.66. The van der Waals surface area contributed by atoms with Crippen LogP contribution in [-0.2, 0) is 20.1 Å². The third kappa shape index (κ3) is 7.43. The van der Waals surface area contributed by atoms with E-state index in [4.69, 9.17) is 20.8 Å². The van der Waals surface area contributed by atoms with E-state index in [9.17, 15) is 21.6 Å². The highest BCUT2D eigenvalue weighted by Gasteiger charge is 2.15. The largest absolute Gasteiger partial charge is 0.370 e. The topological polar surface area (TPSA) is 198 Å². The summed E-state index contributed by atoms with van der Waals surface area (Å²) in [6, 6.07) is 7.44. The number of rotatable bonds is 3. The lowest BCUT2D eigenvalue weighted by atomic mass is 10.2. The summed E-state index contributed by atoms with van der Waals surface area (Å²) < 4.78 is 50.5. The standard InChI is InChI=1S/C12H13N5O3S.CH4O3S/c13-12(14)16-11(18)8-5-9(17-3-1-2-4-17)7-10(6-8)21(15,19)20;1-5(2,3)4/h1-7H,(H2,15,19,20)(H4,13,14,16,18);1H3,(H,2,3,4). The van der Waals surface area contributed by atoms with Gasteiger partial charge in [0.25, 0.3) is 16.0 Å². The molecule has 26 heavy (non-hydrogen) atoms. The number of hydrogen-bond donors (Lipinski definition) is 5. The van der Waals surface area contributed by atoms with E-state index in [2.05, 4.69) is 5.32 Å². The molecule has 11 nitrogen and oxygen atoms in total. The van der Waals surface area contributed by atoms with Gasteiger partial charge >= 0.3 is 0 Å². The summed E-state index contributed by atoms with van der Waals surface area (Å²) in [5, 5.41) is 14.2. The zero-order valence-corrected chi connectivity index (χ0v) is 15.1. The monoisotopic (exact) mass is 403 g/mol. The number of carbonyl (C=O) groups is 1. The first-order valence-corrected chi connectivity index (χ1v) is 10.1. The van der Waals surface area contributed by atoms with Crippen LogP contribution in [0, 0.1) is 5.41 Å². The van der Waals surface area contributed by atoms with E-state index in [0.29, 0.717) is 11.9 Å². The van der Waals surface area contributed by atoms with Crippen molar-refractivity contribution in [3.05, 3.63) is 48.3 Å². The van der Waals surface area contributed by atoms with Crippen molar-refractivity contribution in [2.45, 2.75) is 4.90 Å². The van der Waals surface area contributed by atoms with E-state index in [-0.39, 0.29) is 10.5 Å². The lowest BCUT2D eigenvalue weighted by Gasteiger charge is -2.09. The Hall–Kier alpha value is -2.74. The molecule has 0 atom stereocenters. The normalized spacial score (nSPS) is 11.2. The Labute approximate surface area is 149 Å². The average molecular weight is 403 g/mol. The Bertz CT molecular complexity index is 1010. The maximum absolute atomic E-state index is 11.9. The summed E-state index contributed by atoms with van der Waals surface area (Å²) in [5.41, 5.74) is 5.56. The number of aromatic nitrogens is 1. The van der Waals surface area contributed by atoms with E-state index < -0.39 is 32.0 Å². The second kappa shape index (κ2) is 8.09. The molecule has 0 aliphatic heterocycles. The van der Waals surface area contributed by atoms with E-state index in [1.165, 1.54) is 12.1 Å². The number of nitrogens with two attached hydrogens (primary N) is 2. The van der Waals surface area contributed by atoms with Gasteiger partial charge in [0.2, 0.25) is 10.0 Å². The molecule has 0 aliphatic carbocycles. The van der Waals surface area contributed by atoms with Crippen LogP contribution in [0.1, 0.15) is 10.4 Å². The summed E-state index contributed by atoms with van der Waals surface area (Å²) in [7, 11) is -7.65. The molecule has 0 aliphatic rings. The molecule has 0 radical (unpaired) electrons. The van der Waals surface area contributed by atoms with Crippen molar-refractivity contribution < 1.29 is 26.2 Å². The predicted octanol–water partition coefficient (Wildman–Crippen LogP) is -0.748. The molecule has 2 aromatic rings. The van der Waals surface area contributed by atoms with Crippen molar-refractivity contribution in [1.82, 2.24) is 9.88 Å². The zero-order chi connectivity index (χ0) is 20.1. The molecule has 1 aromatic heterocycles. The summed E-state index contributed by atoms with van der Waals surface area (Å²) in [6.45, 7) is 0. The third-order valence-electron chi connectivity index (χ3n) is 2.63. The average Bonchev–Trinajstić information content (AvgIpc) is 2.97. The molecule has 0 unspecified atom stereocenters. The summed E-state index contributed by atoms with van der Waals surface area (Å²) in [6.07, 6.45) is 4.09. The molecule has 0 spiro atoms. The van der Waals surface area contributed by atoms with Gasteiger partial charge < -0.3 is 10.3 Å². The highest BCUT2D eigenvalue weighted by molar-refractivity contribution is 7.89. The Balaban J connectivity index is 0.000000597. The van der Waals surface area contributed by atoms with Crippen molar-refractivity contribution in [1.29, 1.82) is 5.41 Å². The zero-order valence-electron chi connectivity index (χ0n) is 13.4. The van der Waals surface area contributed by atoms with E-state index in [0.717, 1.165) is 6.07 Å². The summed E-state index contributed by atoms with van der Waals surface area (Å²) in [5.74, 6) is -1.23. The smallest absolute Gasteiger partial charge is 0.261 e. The molecule has 0 saturated carbocycles. The van der Waals surface area contributed by atoms with Gasteiger partial charge in [-0.05, 0) is 30.3 Å². The Morgan fingerprint density at radius 1 is 1.15 bits per heavy atom. The number of guanidine groups is 1. The maximum atomic E-state index is 11.9. The third-order valence-corrected chi connectivity index (χ3v) is 3.53. The molecule has 0 bridgehead atoms. The second-order valence-electron chi connectivity index (χ2n) is 4.95. The number of hydrogen-bond acceptors (Lipinski definition) is 6. The molecule has 1 aromatic carbocycles. The molecule has 0 saturated heterocycles. The van der Waals surface area contributed by atoms with Crippen molar-refractivity contribution in [3.8, 4) is 5.69 Å². The van der Waals surface area contributed by atoms with Gasteiger partial charge in [0.05, 0.1) is 11.2 Å². The Morgan fingerprint density at radius 3 is 2.08 bits per heavy atom. The van der Waals surface area contributed by atoms with Crippen LogP contribution in [0.5, 0.6) is 0 Å². The number of sulfonamides is 1. The fourth-order valence-electron chi connectivity index (χ4n) is 1.73. The molecule has 7 N–H and O–H groups in total. The molecule has 1 heterocycles. The number of nitrogens with zero attached hydrogens (tertiary/aromatic N) is 1. The van der Waals surface area contributed by atoms with Crippen LogP contribution in [0.4, 0.5) is 0 Å². The first-order chi connectivity index (χ1) is 11.8. The minimum absolute atomic E-state index is 0.0282. The van der Waals surface area contributed by atoms with Gasteiger partial charge in [0.15, 0.2) is 5.96 Å². The first kappa shape index (κ1) is 21.3. The minimum Gasteiger partial charge on any atom is -0.370 e. The SMILES string of the molecule is CS(=O)(=O)O.N=C(N)NC(=O)c1cc(-n2cccc2)cc(S(N)(=O)=O)c1. The lowest BCUT2D eigenvalue weighted by Crippen LogP contribution is -2.35. The van der Waals surface area contributed by atoms with Gasteiger partial charge in [-0.3, -0.25) is 20.1 Å². The van der Waals surface area contributed by atoms with Crippen LogP contribution in [0.25, 0.3) is 5.69 Å². The van der Waals surface area contributed by atoms with Crippen LogP contribution in [-0.4, -0.2) is 44.1 Å². The molecule has 0 fully saturated rings. The summed E-state index contributed by atoms with van der Waals surface area (Å²) >= 11 is 0. The van der Waals surface area contributed by atoms with Crippen LogP contribution in [0.15, 0.2) is 47.6 Å². The summed E-state index contributed by atoms with van der Waals surface area (Å²) in [4.78, 5) is 11.7. The molecule has 13 heteroatoms. The van der Waals surface area contributed by atoms with Gasteiger partial charge in [-0.2, -0.15) is 8.42 Å². The number of primary sulfonamides is 1. The van der Waals surface area contributed by atoms with Crippen molar-refractivity contribution >= 4 is 32.0 Å². The fraction of sp³-hybridized carbons (Fsp3) is 0.0769. The van der Waals surface area contributed by atoms with Gasteiger partial charge in [-0.15, -0.1) is 0 Å². The lowest BCUT2D eigenvalue weighted by molar-refractivity contribution is 0.0976. The molecule has 2 rings (SSSR count). The van der Waals surface area contributed by atoms with Crippen molar-refractivity contribution in [2.75, 3.05) is 6.26 Å². The van der Waals surface area contributed by atoms with Gasteiger partial charge in [0.1, 0.15) is 0 Å².